The zero-order valence-electron chi connectivity index (χ0n) is 9.76. The molecule has 0 spiro atoms. The highest BCUT2D eigenvalue weighted by Crippen LogP contribution is 2.16. The Bertz CT molecular complexity index is 557. The van der Waals surface area contributed by atoms with E-state index in [0.29, 0.717) is 21.5 Å². The quantitative estimate of drug-likeness (QED) is 0.488. The number of carbonyl (C=O) groups is 1. The molecule has 0 saturated carbocycles. The Morgan fingerprint density at radius 2 is 2.06 bits per heavy atom. The van der Waals surface area contributed by atoms with Crippen molar-refractivity contribution in [1.29, 1.82) is 0 Å². The van der Waals surface area contributed by atoms with E-state index >= 15 is 0 Å². The summed E-state index contributed by atoms with van der Waals surface area (Å²) in [5.41, 5.74) is 1.61. The molecule has 3 nitrogen and oxygen atoms in total. The number of rotatable bonds is 4. The Hall–Kier alpha value is -1.39. The monoisotopic (exact) mass is 278 g/mol. The first-order chi connectivity index (χ1) is 8.65. The molecule has 0 radical (unpaired) electrons. The third-order valence-corrected chi connectivity index (χ3v) is 3.35. The lowest BCUT2D eigenvalue weighted by Crippen LogP contribution is -2.02. The number of thioether (sulfide) groups is 1. The van der Waals surface area contributed by atoms with Gasteiger partial charge in [0.2, 0.25) is 0 Å². The van der Waals surface area contributed by atoms with Crippen molar-refractivity contribution in [3.63, 3.8) is 0 Å². The highest BCUT2D eigenvalue weighted by molar-refractivity contribution is 7.99. The minimum atomic E-state index is 0.0201. The van der Waals surface area contributed by atoms with Crippen molar-refractivity contribution >= 4 is 29.1 Å². The lowest BCUT2D eigenvalue weighted by molar-refractivity contribution is 0.102. The summed E-state index contributed by atoms with van der Waals surface area (Å²) < 4.78 is 0. The van der Waals surface area contributed by atoms with E-state index in [0.717, 1.165) is 5.56 Å². The van der Waals surface area contributed by atoms with Crippen LogP contribution in [0.4, 0.5) is 0 Å². The molecule has 0 fully saturated rings. The predicted molar refractivity (Wildman–Crippen MR) is 73.3 cm³/mol. The van der Waals surface area contributed by atoms with E-state index in [9.17, 15) is 4.79 Å². The molecule has 0 bridgehead atoms. The van der Waals surface area contributed by atoms with Crippen LogP contribution < -0.4 is 0 Å². The maximum Gasteiger partial charge on any atom is 0.187 e. The van der Waals surface area contributed by atoms with Crippen LogP contribution >= 0.6 is 23.4 Å². The van der Waals surface area contributed by atoms with Gasteiger partial charge in [-0.2, -0.15) is 0 Å². The predicted octanol–water partition coefficient (Wildman–Crippen LogP) is 3.41. The zero-order chi connectivity index (χ0) is 13.0. The highest BCUT2D eigenvalue weighted by atomic mass is 35.5. The highest BCUT2D eigenvalue weighted by Gasteiger charge is 2.08. The van der Waals surface area contributed by atoms with Crippen LogP contribution in [-0.4, -0.2) is 21.5 Å². The molecule has 92 valence electrons. The summed E-state index contributed by atoms with van der Waals surface area (Å²) in [6, 6.07) is 6.93. The molecule has 1 heterocycles. The maximum absolute atomic E-state index is 11.9. The lowest BCUT2D eigenvalue weighted by Gasteiger charge is -2.01. The van der Waals surface area contributed by atoms with Crippen molar-refractivity contribution < 1.29 is 4.79 Å². The van der Waals surface area contributed by atoms with Crippen molar-refractivity contribution in [2.45, 2.75) is 12.1 Å². The largest absolute Gasteiger partial charge is 0.293 e. The summed E-state index contributed by atoms with van der Waals surface area (Å²) in [4.78, 5) is 20.2. The van der Waals surface area contributed by atoms with Gasteiger partial charge in [0.1, 0.15) is 0 Å². The van der Waals surface area contributed by atoms with Crippen molar-refractivity contribution in [3.8, 4) is 0 Å². The second-order valence-electron chi connectivity index (χ2n) is 3.77. The average Bonchev–Trinajstić information content (AvgIpc) is 2.38. The Balaban J connectivity index is 1.98. The van der Waals surface area contributed by atoms with E-state index in [1.807, 2.05) is 6.92 Å². The first kappa shape index (κ1) is 13.1. The Labute approximate surface area is 115 Å². The molecule has 2 rings (SSSR count). The fraction of sp³-hybridized carbons (Fsp3) is 0.154. The number of Topliss-reactive ketones (excluding diaryl/α,β-unsaturated/α-hetero) is 1. The molecule has 5 heteroatoms. The van der Waals surface area contributed by atoms with E-state index in [1.165, 1.54) is 11.8 Å². The summed E-state index contributed by atoms with van der Waals surface area (Å²) in [5, 5.41) is 1.17. The van der Waals surface area contributed by atoms with Crippen molar-refractivity contribution in [1.82, 2.24) is 9.97 Å². The van der Waals surface area contributed by atoms with Gasteiger partial charge in [0, 0.05) is 23.0 Å². The van der Waals surface area contributed by atoms with Crippen LogP contribution in [0.25, 0.3) is 0 Å². The first-order valence-electron chi connectivity index (χ1n) is 5.35. The molecule has 18 heavy (non-hydrogen) atoms. The van der Waals surface area contributed by atoms with Gasteiger partial charge >= 0.3 is 0 Å². The first-order valence-corrected chi connectivity index (χ1v) is 6.72. The van der Waals surface area contributed by atoms with E-state index in [2.05, 4.69) is 9.97 Å². The number of aromatic nitrogens is 2. The average molecular weight is 279 g/mol. The molecule has 1 aromatic heterocycles. The SMILES string of the molecule is Cc1cnc(SCC(=O)c2cccc(Cl)c2)nc1. The second kappa shape index (κ2) is 5.98. The van der Waals surface area contributed by atoms with E-state index in [1.54, 1.807) is 36.7 Å². The number of aryl methyl sites for hydroxylation is 1. The Morgan fingerprint density at radius 3 is 2.72 bits per heavy atom. The number of carbonyl (C=O) groups excluding carboxylic acids is 1. The molecule has 0 aliphatic heterocycles. The fourth-order valence-corrected chi connectivity index (χ4v) is 2.20. The van der Waals surface area contributed by atoms with Crippen LogP contribution in [0.5, 0.6) is 0 Å². The fourth-order valence-electron chi connectivity index (χ4n) is 1.33. The number of hydrogen-bond donors (Lipinski definition) is 0. The van der Waals surface area contributed by atoms with E-state index in [-0.39, 0.29) is 5.78 Å². The third kappa shape index (κ3) is 3.55. The van der Waals surface area contributed by atoms with Gasteiger partial charge in [0.15, 0.2) is 10.9 Å². The van der Waals surface area contributed by atoms with Crippen LogP contribution in [0.3, 0.4) is 0 Å². The number of hydrogen-bond acceptors (Lipinski definition) is 4. The van der Waals surface area contributed by atoms with Gasteiger partial charge in [0.05, 0.1) is 5.75 Å². The van der Waals surface area contributed by atoms with Gasteiger partial charge in [-0.25, -0.2) is 9.97 Å². The number of halogens is 1. The van der Waals surface area contributed by atoms with E-state index in [4.69, 9.17) is 11.6 Å². The van der Waals surface area contributed by atoms with Crippen LogP contribution in [0.2, 0.25) is 5.02 Å². The van der Waals surface area contributed by atoms with Crippen molar-refractivity contribution in [3.05, 3.63) is 52.8 Å². The van der Waals surface area contributed by atoms with Crippen LogP contribution in [0.1, 0.15) is 15.9 Å². The van der Waals surface area contributed by atoms with Crippen molar-refractivity contribution in [2.24, 2.45) is 0 Å². The van der Waals surface area contributed by atoms with Crippen LogP contribution in [0, 0.1) is 6.92 Å². The molecule has 0 aliphatic carbocycles. The molecule has 0 amide bonds. The number of ketones is 1. The minimum absolute atomic E-state index is 0.0201. The van der Waals surface area contributed by atoms with Gasteiger partial charge in [0.25, 0.3) is 0 Å². The number of nitrogens with zero attached hydrogens (tertiary/aromatic N) is 2. The normalized spacial score (nSPS) is 10.3. The second-order valence-corrected chi connectivity index (χ2v) is 5.14. The Morgan fingerprint density at radius 1 is 1.33 bits per heavy atom. The molecule has 0 saturated heterocycles. The van der Waals surface area contributed by atoms with Gasteiger partial charge in [-0.3, -0.25) is 4.79 Å². The summed E-state index contributed by atoms with van der Waals surface area (Å²) in [7, 11) is 0. The summed E-state index contributed by atoms with van der Waals surface area (Å²) in [6.45, 7) is 1.92. The van der Waals surface area contributed by atoms with Gasteiger partial charge < -0.3 is 0 Å². The Kier molecular flexibility index (Phi) is 4.33. The maximum atomic E-state index is 11.9. The van der Waals surface area contributed by atoms with Gasteiger partial charge in [-0.15, -0.1) is 0 Å². The molecular weight excluding hydrogens is 268 g/mol. The topological polar surface area (TPSA) is 42.9 Å². The zero-order valence-corrected chi connectivity index (χ0v) is 11.3. The molecule has 0 aliphatic rings. The summed E-state index contributed by atoms with van der Waals surface area (Å²) in [6.07, 6.45) is 3.47. The smallest absolute Gasteiger partial charge is 0.187 e. The molecule has 1 aromatic carbocycles. The number of benzene rings is 1. The van der Waals surface area contributed by atoms with Crippen LogP contribution in [0.15, 0.2) is 41.8 Å². The molecule has 0 atom stereocenters. The molecule has 0 unspecified atom stereocenters. The molecule has 2 aromatic rings. The van der Waals surface area contributed by atoms with E-state index < -0.39 is 0 Å². The summed E-state index contributed by atoms with van der Waals surface area (Å²) in [5.74, 6) is 0.329. The third-order valence-electron chi connectivity index (χ3n) is 2.24. The van der Waals surface area contributed by atoms with Crippen molar-refractivity contribution in [2.75, 3.05) is 5.75 Å². The molecule has 0 N–H and O–H groups in total. The minimum Gasteiger partial charge on any atom is -0.293 e. The molecular formula is C13H11ClN2OS. The standard InChI is InChI=1S/C13H11ClN2OS/c1-9-6-15-13(16-7-9)18-8-12(17)10-3-2-4-11(14)5-10/h2-7H,8H2,1H3. The summed E-state index contributed by atoms with van der Waals surface area (Å²) >= 11 is 7.16. The van der Waals surface area contributed by atoms with Gasteiger partial charge in [-0.05, 0) is 24.6 Å². The van der Waals surface area contributed by atoms with Crippen LogP contribution in [-0.2, 0) is 0 Å². The van der Waals surface area contributed by atoms with Gasteiger partial charge in [-0.1, -0.05) is 35.5 Å². The lowest BCUT2D eigenvalue weighted by atomic mass is 10.1.